The number of hydrogen-bond donors (Lipinski definition) is 2. The monoisotopic (exact) mass is 387 g/mol. The van der Waals surface area contributed by atoms with E-state index in [2.05, 4.69) is 24.2 Å². The van der Waals surface area contributed by atoms with Crippen LogP contribution >= 0.6 is 0 Å². The summed E-state index contributed by atoms with van der Waals surface area (Å²) in [5.41, 5.74) is 6.53. The molecule has 28 heavy (non-hydrogen) atoms. The minimum atomic E-state index is -0.342. The van der Waals surface area contributed by atoms with Gasteiger partial charge in [0.2, 0.25) is 5.91 Å². The average molecular weight is 388 g/mol. The highest BCUT2D eigenvalue weighted by Crippen LogP contribution is 2.23. The summed E-state index contributed by atoms with van der Waals surface area (Å²) in [7, 11) is 0. The largest absolute Gasteiger partial charge is 0.369 e. The lowest BCUT2D eigenvalue weighted by Crippen LogP contribution is -2.31. The van der Waals surface area contributed by atoms with Crippen molar-refractivity contribution in [3.63, 3.8) is 0 Å². The van der Waals surface area contributed by atoms with Crippen LogP contribution in [0.15, 0.2) is 35.3 Å². The number of aliphatic imine (C=N–C) groups is 1. The van der Waals surface area contributed by atoms with Crippen molar-refractivity contribution in [1.82, 2.24) is 5.32 Å². The van der Waals surface area contributed by atoms with E-state index >= 15 is 0 Å². The number of carbonyl (C=O) groups is 2. The zero-order chi connectivity index (χ0) is 20.6. The average Bonchev–Trinajstić information content (AvgIpc) is 2.70. The van der Waals surface area contributed by atoms with Crippen LogP contribution in [-0.4, -0.2) is 24.7 Å². The molecule has 1 rings (SSSR count). The fraction of sp³-hybridized carbons (Fsp3) is 0.609. The molecule has 1 unspecified atom stereocenters. The first kappa shape index (κ1) is 23.9. The predicted molar refractivity (Wildman–Crippen MR) is 117 cm³/mol. The summed E-state index contributed by atoms with van der Waals surface area (Å²) in [4.78, 5) is 27.9. The van der Waals surface area contributed by atoms with E-state index in [9.17, 15) is 9.59 Å². The van der Waals surface area contributed by atoms with Crippen LogP contribution in [0, 0.1) is 11.8 Å². The van der Waals surface area contributed by atoms with E-state index in [1.54, 1.807) is 6.21 Å². The summed E-state index contributed by atoms with van der Waals surface area (Å²) in [6, 6.07) is 9.20. The van der Waals surface area contributed by atoms with E-state index in [0.29, 0.717) is 6.54 Å². The number of carbonyl (C=O) groups excluding carboxylic acids is 2. The Labute approximate surface area is 170 Å². The van der Waals surface area contributed by atoms with Gasteiger partial charge in [0.1, 0.15) is 0 Å². The number of amides is 3. The molecule has 1 aromatic carbocycles. The molecular formula is C23H37N3O2. The number of primary amides is 1. The minimum Gasteiger partial charge on any atom is -0.369 e. The normalized spacial score (nSPS) is 13.4. The van der Waals surface area contributed by atoms with Crippen LogP contribution in [0.2, 0.25) is 0 Å². The molecule has 0 spiro atoms. The molecule has 0 heterocycles. The fourth-order valence-electron chi connectivity index (χ4n) is 3.36. The predicted octanol–water partition coefficient (Wildman–Crippen LogP) is 5.08. The van der Waals surface area contributed by atoms with Crippen LogP contribution in [0.25, 0.3) is 0 Å². The molecule has 0 saturated heterocycles. The minimum absolute atomic E-state index is 0.108. The molecule has 0 aliphatic carbocycles. The second kappa shape index (κ2) is 14.8. The smallest absolute Gasteiger partial charge is 0.340 e. The molecule has 1 aromatic rings. The lowest BCUT2D eigenvalue weighted by atomic mass is 9.86. The number of unbranched alkanes of at least 4 members (excludes halogenated alkanes) is 4. The Hall–Kier alpha value is -2.17. The van der Waals surface area contributed by atoms with E-state index in [1.165, 1.54) is 0 Å². The Balaban J connectivity index is 2.57. The first-order valence-electron chi connectivity index (χ1n) is 10.7. The molecule has 2 atom stereocenters. The fourth-order valence-corrected chi connectivity index (χ4v) is 3.36. The number of rotatable bonds is 14. The van der Waals surface area contributed by atoms with E-state index in [4.69, 9.17) is 5.73 Å². The van der Waals surface area contributed by atoms with Gasteiger partial charge in [0.15, 0.2) is 0 Å². The van der Waals surface area contributed by atoms with Gasteiger partial charge >= 0.3 is 6.03 Å². The van der Waals surface area contributed by atoms with Crippen molar-refractivity contribution < 1.29 is 9.59 Å². The lowest BCUT2D eigenvalue weighted by Gasteiger charge is -2.22. The highest BCUT2D eigenvalue weighted by Gasteiger charge is 2.21. The summed E-state index contributed by atoms with van der Waals surface area (Å²) >= 11 is 0. The van der Waals surface area contributed by atoms with Gasteiger partial charge in [-0.05, 0) is 30.7 Å². The zero-order valence-corrected chi connectivity index (χ0v) is 17.5. The van der Waals surface area contributed by atoms with Gasteiger partial charge in [-0.3, -0.25) is 4.79 Å². The molecule has 0 aromatic heterocycles. The molecule has 0 aliphatic rings. The van der Waals surface area contributed by atoms with Crippen LogP contribution in [0.5, 0.6) is 0 Å². The van der Waals surface area contributed by atoms with Crippen LogP contribution in [-0.2, 0) is 4.79 Å². The van der Waals surface area contributed by atoms with Crippen LogP contribution in [0.3, 0.4) is 0 Å². The first-order chi connectivity index (χ1) is 13.6. The third kappa shape index (κ3) is 10.9. The second-order valence-electron chi connectivity index (χ2n) is 7.55. The molecule has 5 heteroatoms. The van der Waals surface area contributed by atoms with Crippen molar-refractivity contribution in [2.45, 2.75) is 71.6 Å². The van der Waals surface area contributed by atoms with E-state index in [-0.39, 0.29) is 23.8 Å². The van der Waals surface area contributed by atoms with Crippen molar-refractivity contribution in [2.24, 2.45) is 22.6 Å². The van der Waals surface area contributed by atoms with Crippen molar-refractivity contribution in [3.05, 3.63) is 35.9 Å². The highest BCUT2D eigenvalue weighted by molar-refractivity contribution is 5.90. The van der Waals surface area contributed by atoms with Gasteiger partial charge in [0.25, 0.3) is 0 Å². The third-order valence-electron chi connectivity index (χ3n) is 5.06. The zero-order valence-electron chi connectivity index (χ0n) is 17.5. The molecule has 0 radical (unpaired) electrons. The van der Waals surface area contributed by atoms with Gasteiger partial charge in [-0.25, -0.2) is 9.79 Å². The topological polar surface area (TPSA) is 84.6 Å². The van der Waals surface area contributed by atoms with Gasteiger partial charge < -0.3 is 11.1 Å². The van der Waals surface area contributed by atoms with Crippen LogP contribution in [0.1, 0.15) is 77.2 Å². The second-order valence-corrected chi connectivity index (χ2v) is 7.55. The molecule has 5 nitrogen and oxygen atoms in total. The van der Waals surface area contributed by atoms with Crippen LogP contribution < -0.4 is 11.1 Å². The summed E-state index contributed by atoms with van der Waals surface area (Å²) in [6.07, 6.45) is 10.8. The molecule has 156 valence electrons. The maximum absolute atomic E-state index is 12.1. The van der Waals surface area contributed by atoms with E-state index in [0.717, 1.165) is 63.4 Å². The summed E-state index contributed by atoms with van der Waals surface area (Å²) in [5, 5.41) is 2.90. The van der Waals surface area contributed by atoms with Gasteiger partial charge in [0.05, 0.1) is 0 Å². The summed E-state index contributed by atoms with van der Waals surface area (Å²) < 4.78 is 0. The van der Waals surface area contributed by atoms with Crippen molar-refractivity contribution in [3.8, 4) is 0 Å². The van der Waals surface area contributed by atoms with Gasteiger partial charge in [-0.2, -0.15) is 0 Å². The molecule has 0 aliphatic heterocycles. The lowest BCUT2D eigenvalue weighted by molar-refractivity contribution is -0.122. The number of hydrogen-bond acceptors (Lipinski definition) is 2. The number of nitrogens with one attached hydrogen (secondary N) is 1. The Morgan fingerprint density at radius 1 is 1.04 bits per heavy atom. The Kier molecular flexibility index (Phi) is 12.6. The van der Waals surface area contributed by atoms with Crippen molar-refractivity contribution in [2.75, 3.05) is 6.54 Å². The standard InChI is InChI=1S/C23H37N3O2/c1-3-5-8-14-20(16-21(22(24)27)15-9-6-4-2)18-26-23(28)25-17-19-12-10-7-11-13-19/h7,10-13,17,20-21H,3-6,8-9,14-16,18H2,1-2H3,(H2,24,27)(H,26,28)/t20-,21?/m0/s1. The van der Waals surface area contributed by atoms with E-state index < -0.39 is 0 Å². The van der Waals surface area contributed by atoms with Crippen molar-refractivity contribution >= 4 is 18.2 Å². The SMILES string of the molecule is CCCCCC(C[C@H](CCCCC)CNC(=O)N=Cc1ccccc1)C(N)=O. The van der Waals surface area contributed by atoms with Crippen LogP contribution in [0.4, 0.5) is 4.79 Å². The molecule has 3 N–H and O–H groups in total. The first-order valence-corrected chi connectivity index (χ1v) is 10.7. The number of benzene rings is 1. The molecule has 0 bridgehead atoms. The maximum Gasteiger partial charge on any atom is 0.340 e. The molecule has 0 saturated carbocycles. The van der Waals surface area contributed by atoms with Gasteiger partial charge in [0, 0.05) is 18.7 Å². The van der Waals surface area contributed by atoms with Gasteiger partial charge in [-0.1, -0.05) is 82.7 Å². The van der Waals surface area contributed by atoms with Crippen molar-refractivity contribution in [1.29, 1.82) is 0 Å². The van der Waals surface area contributed by atoms with Gasteiger partial charge in [-0.15, -0.1) is 0 Å². The number of nitrogens with two attached hydrogens (primary N) is 1. The maximum atomic E-state index is 12.1. The summed E-state index contributed by atoms with van der Waals surface area (Å²) in [6.45, 7) is 4.86. The summed E-state index contributed by atoms with van der Waals surface area (Å²) in [5.74, 6) is -0.0746. The Bertz CT molecular complexity index is 587. The molecule has 0 fully saturated rings. The third-order valence-corrected chi connectivity index (χ3v) is 5.06. The molecule has 3 amide bonds. The Morgan fingerprint density at radius 3 is 2.29 bits per heavy atom. The Morgan fingerprint density at radius 2 is 1.68 bits per heavy atom. The van der Waals surface area contributed by atoms with E-state index in [1.807, 2.05) is 30.3 Å². The number of urea groups is 1. The highest BCUT2D eigenvalue weighted by atomic mass is 16.2. The molecular weight excluding hydrogens is 350 g/mol. The number of nitrogens with zero attached hydrogens (tertiary/aromatic N) is 1. The quantitative estimate of drug-likeness (QED) is 0.344.